The highest BCUT2D eigenvalue weighted by Crippen LogP contribution is 2.29. The second-order valence-electron chi connectivity index (χ2n) is 20.5. The molecule has 8 rings (SSSR count). The molecule has 5 N–H and O–H groups in total. The molecule has 3 aromatic carbocycles. The van der Waals surface area contributed by atoms with Gasteiger partial charge in [0.1, 0.15) is 6.04 Å². The summed E-state index contributed by atoms with van der Waals surface area (Å²) in [5.41, 5.74) is 10.1. The highest BCUT2D eigenvalue weighted by molar-refractivity contribution is 7.13. The number of hydrogen-bond donors (Lipinski definition) is 5. The lowest BCUT2D eigenvalue weighted by Gasteiger charge is -2.35. The topological polar surface area (TPSA) is 198 Å². The zero-order valence-electron chi connectivity index (χ0n) is 43.1. The largest absolute Gasteiger partial charge is 0.391 e. The second-order valence-corrected chi connectivity index (χ2v) is 21.3. The smallest absolute Gasteiger partial charge is 0.255 e. The summed E-state index contributed by atoms with van der Waals surface area (Å²) >= 11 is 1.60. The number of piperazine rings is 1. The SMILES string of the molecule is Cc1ccc(NC(=O)c2ccc(CN3CCN(C(=O)CCCCCCN[C@H](C(=O)N4C[C@H](O)C[C@H]4C(=O)NCc4ccc(-c5scnc5C)cc4)C(C)(C)C)CC3)cc2)cc1Nc1nccc(-c2cccnc2)n1. The van der Waals surface area contributed by atoms with Crippen LogP contribution in [0, 0.1) is 19.3 Å². The van der Waals surface area contributed by atoms with Gasteiger partial charge in [-0.15, -0.1) is 11.3 Å². The van der Waals surface area contributed by atoms with Crippen LogP contribution in [0.5, 0.6) is 0 Å². The molecule has 0 saturated carbocycles. The third kappa shape index (κ3) is 14.2. The molecule has 2 aliphatic rings. The van der Waals surface area contributed by atoms with Crippen molar-refractivity contribution in [1.29, 1.82) is 0 Å². The average molecular weight is 1020 g/mol. The number of hydrogen-bond acceptors (Lipinski definition) is 13. The van der Waals surface area contributed by atoms with Crippen LogP contribution in [0.25, 0.3) is 21.7 Å². The summed E-state index contributed by atoms with van der Waals surface area (Å²) in [6, 6.07) is 25.7. The first-order chi connectivity index (χ1) is 35.7. The molecule has 2 fully saturated rings. The van der Waals surface area contributed by atoms with E-state index in [2.05, 4.69) is 46.1 Å². The number of aliphatic hydroxyl groups is 1. The quantitative estimate of drug-likeness (QED) is 0.0461. The first kappa shape index (κ1) is 53.4. The maximum absolute atomic E-state index is 14.1. The Balaban J connectivity index is 0.712. The summed E-state index contributed by atoms with van der Waals surface area (Å²) in [4.78, 5) is 78.6. The van der Waals surface area contributed by atoms with Gasteiger partial charge in [-0.1, -0.05) is 76.1 Å². The van der Waals surface area contributed by atoms with Crippen molar-refractivity contribution in [2.75, 3.05) is 49.9 Å². The number of aromatic nitrogens is 4. The summed E-state index contributed by atoms with van der Waals surface area (Å²) in [7, 11) is 0. The average Bonchev–Trinajstić information content (AvgIpc) is 4.02. The third-order valence-corrected chi connectivity index (χ3v) is 14.8. The Morgan fingerprint density at radius 2 is 1.59 bits per heavy atom. The van der Waals surface area contributed by atoms with Gasteiger partial charge >= 0.3 is 0 Å². The lowest BCUT2D eigenvalue weighted by Crippen LogP contribution is -2.56. The van der Waals surface area contributed by atoms with Crippen LogP contribution in [0.2, 0.25) is 0 Å². The first-order valence-electron chi connectivity index (χ1n) is 25.7. The maximum atomic E-state index is 14.1. The van der Waals surface area contributed by atoms with E-state index >= 15 is 0 Å². The van der Waals surface area contributed by atoms with Gasteiger partial charge in [0.25, 0.3) is 5.91 Å². The van der Waals surface area contributed by atoms with Gasteiger partial charge in [0.15, 0.2) is 0 Å². The molecule has 2 aliphatic heterocycles. The first-order valence-corrected chi connectivity index (χ1v) is 26.6. The van der Waals surface area contributed by atoms with Gasteiger partial charge in [0.05, 0.1) is 33.9 Å². The lowest BCUT2D eigenvalue weighted by atomic mass is 9.85. The van der Waals surface area contributed by atoms with Gasteiger partial charge in [-0.05, 0) is 103 Å². The Hall–Kier alpha value is -6.92. The Labute approximate surface area is 438 Å². The molecule has 3 atom stereocenters. The number of thiazole rings is 1. The number of carbonyl (C=O) groups excluding carboxylic acids is 4. The number of benzene rings is 3. The van der Waals surface area contributed by atoms with E-state index in [4.69, 9.17) is 0 Å². The van der Waals surface area contributed by atoms with E-state index in [1.54, 1.807) is 34.8 Å². The molecule has 388 valence electrons. The predicted octanol–water partition coefficient (Wildman–Crippen LogP) is 8.15. The van der Waals surface area contributed by atoms with Gasteiger partial charge in [-0.2, -0.15) is 0 Å². The molecule has 74 heavy (non-hydrogen) atoms. The van der Waals surface area contributed by atoms with Crippen molar-refractivity contribution >= 4 is 52.3 Å². The van der Waals surface area contributed by atoms with Crippen LogP contribution in [0.1, 0.15) is 92.0 Å². The summed E-state index contributed by atoms with van der Waals surface area (Å²) in [5.74, 6) is -0.0331. The van der Waals surface area contributed by atoms with Crippen LogP contribution in [0.4, 0.5) is 17.3 Å². The van der Waals surface area contributed by atoms with Crippen molar-refractivity contribution in [2.45, 2.75) is 104 Å². The fourth-order valence-electron chi connectivity index (χ4n) is 9.48. The number of aryl methyl sites for hydroxylation is 2. The molecule has 0 unspecified atom stereocenters. The minimum absolute atomic E-state index is 0.118. The number of carbonyl (C=O) groups is 4. The normalized spacial score (nSPS) is 16.5. The molecule has 5 heterocycles. The Bertz CT molecular complexity index is 2850. The van der Waals surface area contributed by atoms with Crippen molar-refractivity contribution in [3.63, 3.8) is 0 Å². The van der Waals surface area contributed by atoms with E-state index in [9.17, 15) is 24.3 Å². The van der Waals surface area contributed by atoms with Crippen molar-refractivity contribution in [3.8, 4) is 21.7 Å². The Morgan fingerprint density at radius 1 is 0.838 bits per heavy atom. The molecule has 0 radical (unpaired) electrons. The van der Waals surface area contributed by atoms with Crippen molar-refractivity contribution < 1.29 is 24.3 Å². The van der Waals surface area contributed by atoms with Gasteiger partial charge in [-0.25, -0.2) is 15.0 Å². The number of nitrogens with zero attached hydrogens (tertiary/aromatic N) is 7. The third-order valence-electron chi connectivity index (χ3n) is 13.8. The van der Waals surface area contributed by atoms with E-state index in [1.165, 1.54) is 0 Å². The van der Waals surface area contributed by atoms with Crippen LogP contribution >= 0.6 is 11.3 Å². The van der Waals surface area contributed by atoms with Crippen LogP contribution in [0.3, 0.4) is 0 Å². The number of amides is 4. The number of unbranched alkanes of at least 4 members (excludes halogenated alkanes) is 3. The molecule has 16 nitrogen and oxygen atoms in total. The van der Waals surface area contributed by atoms with Gasteiger partial charge in [0.2, 0.25) is 23.7 Å². The number of nitrogens with one attached hydrogen (secondary N) is 4. The van der Waals surface area contributed by atoms with Crippen LogP contribution in [-0.2, 0) is 27.5 Å². The van der Waals surface area contributed by atoms with E-state index in [0.29, 0.717) is 49.8 Å². The van der Waals surface area contributed by atoms with Gasteiger partial charge in [-0.3, -0.25) is 29.1 Å². The number of aliphatic hydroxyl groups excluding tert-OH is 1. The van der Waals surface area contributed by atoms with E-state index < -0.39 is 23.6 Å². The van der Waals surface area contributed by atoms with Crippen LogP contribution in [-0.4, -0.2) is 121 Å². The summed E-state index contributed by atoms with van der Waals surface area (Å²) in [5, 5.41) is 23.4. The number of rotatable bonds is 20. The highest BCUT2D eigenvalue weighted by Gasteiger charge is 2.43. The molecule has 0 bridgehead atoms. The van der Waals surface area contributed by atoms with E-state index in [1.807, 2.05) is 130 Å². The van der Waals surface area contributed by atoms with E-state index in [-0.39, 0.29) is 36.6 Å². The monoisotopic (exact) mass is 1020 g/mol. The number of anilines is 3. The Morgan fingerprint density at radius 3 is 2.31 bits per heavy atom. The summed E-state index contributed by atoms with van der Waals surface area (Å²) in [6.45, 7) is 14.7. The molecule has 4 amide bonds. The minimum Gasteiger partial charge on any atom is -0.391 e. The van der Waals surface area contributed by atoms with E-state index in [0.717, 1.165) is 95.1 Å². The fraction of sp³-hybridized carbons (Fsp3) is 0.404. The van der Waals surface area contributed by atoms with Crippen LogP contribution < -0.4 is 21.3 Å². The van der Waals surface area contributed by atoms with Crippen molar-refractivity contribution in [3.05, 3.63) is 137 Å². The molecular formula is C57H69N11O5S. The van der Waals surface area contributed by atoms with Gasteiger partial charge in [0, 0.05) is 99.7 Å². The lowest BCUT2D eigenvalue weighted by molar-refractivity contribution is -0.142. The molecule has 3 aromatic heterocycles. The minimum atomic E-state index is -0.771. The van der Waals surface area contributed by atoms with Crippen LogP contribution in [0.15, 0.2) is 109 Å². The zero-order chi connectivity index (χ0) is 52.2. The number of β-amino-alcohol motifs (C(OH)–C–C–N with tert-alkyl or cyclic N) is 1. The predicted molar refractivity (Wildman–Crippen MR) is 291 cm³/mol. The molecule has 2 saturated heterocycles. The highest BCUT2D eigenvalue weighted by atomic mass is 32.1. The standard InChI is InChI=1S/C57H69N11O5S/c1-38-13-22-45(31-48(38)65-56-60-26-23-47(64-56)44-11-10-24-58-34-44)63-53(71)43-20-16-41(17-21-43)35-66-27-29-67(30-28-66)50(70)12-8-6-7-9-25-59-52(57(3,4)5)55(73)68-36-46(69)32-49(68)54(72)61-33-40-14-18-42(19-15-40)51-39(2)62-37-74-51/h10-11,13-24,26,31,34,37,46,49,52,59,69H,6-9,12,25,27-30,32-33,35-36H2,1-5H3,(H,61,72)(H,63,71)(H,60,64,65)/t46-,49+,52-/m1/s1. The summed E-state index contributed by atoms with van der Waals surface area (Å²) < 4.78 is 0. The zero-order valence-corrected chi connectivity index (χ0v) is 44.0. The fourth-order valence-corrected chi connectivity index (χ4v) is 10.3. The number of likely N-dealkylation sites (tertiary alicyclic amines) is 1. The molecule has 0 spiro atoms. The molecule has 17 heteroatoms. The van der Waals surface area contributed by atoms with Crippen molar-refractivity contribution in [1.82, 2.24) is 45.3 Å². The maximum Gasteiger partial charge on any atom is 0.255 e. The second kappa shape index (κ2) is 24.9. The van der Waals surface area contributed by atoms with Gasteiger partial charge < -0.3 is 36.2 Å². The Kier molecular flexibility index (Phi) is 17.9. The molecule has 0 aliphatic carbocycles. The summed E-state index contributed by atoms with van der Waals surface area (Å²) in [6.07, 6.45) is 8.59. The number of pyridine rings is 1. The molecule has 6 aromatic rings. The molecular weight excluding hydrogens is 951 g/mol. The van der Waals surface area contributed by atoms with Crippen molar-refractivity contribution in [2.24, 2.45) is 5.41 Å².